The third-order valence-corrected chi connectivity index (χ3v) is 3.20. The van der Waals surface area contributed by atoms with E-state index in [1.165, 1.54) is 0 Å². The van der Waals surface area contributed by atoms with Crippen LogP contribution in [-0.2, 0) is 5.33 Å². The quantitative estimate of drug-likeness (QED) is 0.869. The predicted octanol–water partition coefficient (Wildman–Crippen LogP) is 3.95. The van der Waals surface area contributed by atoms with Gasteiger partial charge in [0, 0.05) is 5.33 Å². The monoisotopic (exact) mass is 290 g/mol. The number of rotatable bonds is 3. The minimum absolute atomic E-state index is 0.341. The molecule has 0 fully saturated rings. The first kappa shape index (κ1) is 11.9. The lowest BCUT2D eigenvalue weighted by Gasteiger charge is -2.07. The summed E-state index contributed by atoms with van der Waals surface area (Å²) in [5.74, 6) is -0.897. The van der Waals surface area contributed by atoms with Crippen molar-refractivity contribution in [1.82, 2.24) is 0 Å². The molecular formula is C14H11BrO2. The van der Waals surface area contributed by atoms with E-state index in [1.54, 1.807) is 6.07 Å². The summed E-state index contributed by atoms with van der Waals surface area (Å²) < 4.78 is 0. The zero-order chi connectivity index (χ0) is 12.3. The Hall–Kier alpha value is -1.61. The Morgan fingerprint density at radius 1 is 1.12 bits per heavy atom. The van der Waals surface area contributed by atoms with E-state index in [1.807, 2.05) is 42.5 Å². The van der Waals surface area contributed by atoms with Crippen molar-refractivity contribution in [2.24, 2.45) is 0 Å². The molecular weight excluding hydrogens is 280 g/mol. The second-order valence-corrected chi connectivity index (χ2v) is 4.25. The van der Waals surface area contributed by atoms with Gasteiger partial charge in [-0.05, 0) is 22.8 Å². The van der Waals surface area contributed by atoms with Gasteiger partial charge in [0.2, 0.25) is 0 Å². The fourth-order valence-electron chi connectivity index (χ4n) is 1.72. The molecule has 2 rings (SSSR count). The SMILES string of the molecule is O=C(O)c1cc(CBr)ccc1-c1ccccc1. The van der Waals surface area contributed by atoms with Gasteiger partial charge in [-0.2, -0.15) is 0 Å². The summed E-state index contributed by atoms with van der Waals surface area (Å²) in [5, 5.41) is 9.89. The van der Waals surface area contributed by atoms with Crippen LogP contribution in [0.3, 0.4) is 0 Å². The maximum Gasteiger partial charge on any atom is 0.336 e. The van der Waals surface area contributed by atoms with Crippen molar-refractivity contribution in [3.63, 3.8) is 0 Å². The van der Waals surface area contributed by atoms with E-state index in [2.05, 4.69) is 15.9 Å². The number of carbonyl (C=O) groups is 1. The molecule has 0 heterocycles. The van der Waals surface area contributed by atoms with Crippen LogP contribution in [0.2, 0.25) is 0 Å². The van der Waals surface area contributed by atoms with Crippen LogP contribution in [0.5, 0.6) is 0 Å². The number of hydrogen-bond donors (Lipinski definition) is 1. The molecule has 0 spiro atoms. The van der Waals surface area contributed by atoms with Crippen molar-refractivity contribution in [3.05, 3.63) is 59.7 Å². The number of carboxylic acid groups (broad SMARTS) is 1. The number of aromatic carboxylic acids is 1. The van der Waals surface area contributed by atoms with Crippen molar-refractivity contribution in [1.29, 1.82) is 0 Å². The number of benzene rings is 2. The van der Waals surface area contributed by atoms with Crippen LogP contribution in [0.4, 0.5) is 0 Å². The number of carboxylic acids is 1. The van der Waals surface area contributed by atoms with Crippen LogP contribution in [0, 0.1) is 0 Å². The van der Waals surface area contributed by atoms with E-state index in [4.69, 9.17) is 0 Å². The van der Waals surface area contributed by atoms with E-state index in [-0.39, 0.29) is 0 Å². The Labute approximate surface area is 108 Å². The highest BCUT2D eigenvalue weighted by Gasteiger charge is 2.11. The summed E-state index contributed by atoms with van der Waals surface area (Å²) in [6.07, 6.45) is 0. The number of hydrogen-bond acceptors (Lipinski definition) is 1. The average molecular weight is 291 g/mol. The molecule has 0 aliphatic rings. The summed E-state index contributed by atoms with van der Waals surface area (Å²) in [6.45, 7) is 0. The van der Waals surface area contributed by atoms with Gasteiger partial charge in [-0.25, -0.2) is 4.79 Å². The molecule has 86 valence electrons. The molecule has 0 unspecified atom stereocenters. The maximum atomic E-state index is 11.2. The van der Waals surface area contributed by atoms with E-state index in [0.29, 0.717) is 10.9 Å². The zero-order valence-electron chi connectivity index (χ0n) is 9.06. The standard InChI is InChI=1S/C14H11BrO2/c15-9-10-6-7-12(13(8-10)14(16)17)11-4-2-1-3-5-11/h1-8H,9H2,(H,16,17). The fourth-order valence-corrected chi connectivity index (χ4v) is 2.07. The molecule has 0 aromatic heterocycles. The van der Waals surface area contributed by atoms with Crippen molar-refractivity contribution in [2.75, 3.05) is 0 Å². The Morgan fingerprint density at radius 2 is 1.82 bits per heavy atom. The third kappa shape index (κ3) is 2.56. The molecule has 2 aromatic rings. The molecule has 0 aliphatic carbocycles. The summed E-state index contributed by atoms with van der Waals surface area (Å²) in [6, 6.07) is 15.0. The molecule has 0 bridgehead atoms. The lowest BCUT2D eigenvalue weighted by Crippen LogP contribution is -2.00. The second-order valence-electron chi connectivity index (χ2n) is 3.68. The minimum atomic E-state index is -0.897. The molecule has 1 N–H and O–H groups in total. The van der Waals surface area contributed by atoms with Crippen LogP contribution in [0.1, 0.15) is 15.9 Å². The Bertz CT molecular complexity index is 535. The first-order valence-corrected chi connectivity index (χ1v) is 6.32. The van der Waals surface area contributed by atoms with Crippen molar-refractivity contribution in [2.45, 2.75) is 5.33 Å². The van der Waals surface area contributed by atoms with Gasteiger partial charge in [-0.1, -0.05) is 58.4 Å². The van der Waals surface area contributed by atoms with Crippen molar-refractivity contribution < 1.29 is 9.90 Å². The lowest BCUT2D eigenvalue weighted by molar-refractivity contribution is 0.0697. The topological polar surface area (TPSA) is 37.3 Å². The molecule has 0 aliphatic heterocycles. The van der Waals surface area contributed by atoms with Gasteiger partial charge < -0.3 is 5.11 Å². The first-order chi connectivity index (χ1) is 8.22. The average Bonchev–Trinajstić information content (AvgIpc) is 2.39. The van der Waals surface area contributed by atoms with Crippen LogP contribution in [0.15, 0.2) is 48.5 Å². The summed E-state index contributed by atoms with van der Waals surface area (Å²) in [5.41, 5.74) is 2.98. The summed E-state index contributed by atoms with van der Waals surface area (Å²) >= 11 is 3.33. The van der Waals surface area contributed by atoms with Gasteiger partial charge in [0.25, 0.3) is 0 Å². The highest BCUT2D eigenvalue weighted by atomic mass is 79.9. The molecule has 2 aromatic carbocycles. The van der Waals surface area contributed by atoms with Crippen LogP contribution in [-0.4, -0.2) is 11.1 Å². The van der Waals surface area contributed by atoms with E-state index < -0.39 is 5.97 Å². The van der Waals surface area contributed by atoms with Gasteiger partial charge in [0.1, 0.15) is 0 Å². The smallest absolute Gasteiger partial charge is 0.336 e. The van der Waals surface area contributed by atoms with Gasteiger partial charge in [0.15, 0.2) is 0 Å². The normalized spacial score (nSPS) is 10.2. The van der Waals surface area contributed by atoms with E-state index >= 15 is 0 Å². The molecule has 0 radical (unpaired) electrons. The Morgan fingerprint density at radius 3 is 2.41 bits per heavy atom. The van der Waals surface area contributed by atoms with Gasteiger partial charge in [0.05, 0.1) is 5.56 Å². The van der Waals surface area contributed by atoms with Crippen LogP contribution in [0.25, 0.3) is 11.1 Å². The van der Waals surface area contributed by atoms with Crippen molar-refractivity contribution >= 4 is 21.9 Å². The second kappa shape index (κ2) is 5.15. The number of alkyl halides is 1. The highest BCUT2D eigenvalue weighted by molar-refractivity contribution is 9.08. The minimum Gasteiger partial charge on any atom is -0.478 e. The lowest BCUT2D eigenvalue weighted by atomic mass is 9.98. The summed E-state index contributed by atoms with van der Waals surface area (Å²) in [4.78, 5) is 11.2. The summed E-state index contributed by atoms with van der Waals surface area (Å²) in [7, 11) is 0. The molecule has 3 heteroatoms. The molecule has 0 saturated heterocycles. The Kier molecular flexibility index (Phi) is 3.59. The molecule has 0 amide bonds. The molecule has 2 nitrogen and oxygen atoms in total. The van der Waals surface area contributed by atoms with Crippen LogP contribution >= 0.6 is 15.9 Å². The van der Waals surface area contributed by atoms with E-state index in [0.717, 1.165) is 16.7 Å². The molecule has 0 saturated carbocycles. The van der Waals surface area contributed by atoms with Crippen molar-refractivity contribution in [3.8, 4) is 11.1 Å². The van der Waals surface area contributed by atoms with Gasteiger partial charge >= 0.3 is 5.97 Å². The largest absolute Gasteiger partial charge is 0.478 e. The van der Waals surface area contributed by atoms with E-state index in [9.17, 15) is 9.90 Å². The Balaban J connectivity index is 2.58. The molecule has 17 heavy (non-hydrogen) atoms. The predicted molar refractivity (Wildman–Crippen MR) is 71.5 cm³/mol. The van der Waals surface area contributed by atoms with Crippen LogP contribution < -0.4 is 0 Å². The maximum absolute atomic E-state index is 11.2. The van der Waals surface area contributed by atoms with Gasteiger partial charge in [-0.3, -0.25) is 0 Å². The zero-order valence-corrected chi connectivity index (χ0v) is 10.6. The number of halogens is 1. The first-order valence-electron chi connectivity index (χ1n) is 5.20. The molecule has 0 atom stereocenters. The highest BCUT2D eigenvalue weighted by Crippen LogP contribution is 2.25. The third-order valence-electron chi connectivity index (χ3n) is 2.55. The van der Waals surface area contributed by atoms with Gasteiger partial charge in [-0.15, -0.1) is 0 Å². The fraction of sp³-hybridized carbons (Fsp3) is 0.0714.